The summed E-state index contributed by atoms with van der Waals surface area (Å²) < 4.78 is 6.90. The van der Waals surface area contributed by atoms with Gasteiger partial charge in [0.15, 0.2) is 0 Å². The molecule has 0 saturated carbocycles. The fourth-order valence-corrected chi connectivity index (χ4v) is 4.20. The molecule has 9 heteroatoms. The number of aliphatic hydroxyl groups excluding tert-OH is 1. The van der Waals surface area contributed by atoms with E-state index in [0.29, 0.717) is 44.2 Å². The van der Waals surface area contributed by atoms with Gasteiger partial charge in [0.1, 0.15) is 11.3 Å². The van der Waals surface area contributed by atoms with Crippen molar-refractivity contribution < 1.29 is 19.1 Å². The second-order valence-corrected chi connectivity index (χ2v) is 8.97. The van der Waals surface area contributed by atoms with Crippen LogP contribution in [0, 0.1) is 0 Å². The third-order valence-electron chi connectivity index (χ3n) is 6.03. The second-order valence-electron chi connectivity index (χ2n) is 8.54. The van der Waals surface area contributed by atoms with Gasteiger partial charge in [-0.2, -0.15) is 0 Å². The lowest BCUT2D eigenvalue weighted by molar-refractivity contribution is 0.101. The first-order chi connectivity index (χ1) is 18.4. The number of anilines is 2. The zero-order valence-electron chi connectivity index (χ0n) is 20.0. The van der Waals surface area contributed by atoms with Gasteiger partial charge < -0.3 is 20.2 Å². The lowest BCUT2D eigenvalue weighted by Crippen LogP contribution is -2.30. The summed E-state index contributed by atoms with van der Waals surface area (Å²) in [5.41, 5.74) is 1.88. The number of aromatic nitrogens is 1. The molecular formula is C29H22ClN3O5. The minimum Gasteiger partial charge on any atom is -0.467 e. The van der Waals surface area contributed by atoms with Crippen molar-refractivity contribution >= 4 is 45.7 Å². The summed E-state index contributed by atoms with van der Waals surface area (Å²) in [7, 11) is 0. The van der Waals surface area contributed by atoms with E-state index in [4.69, 9.17) is 16.0 Å². The van der Waals surface area contributed by atoms with Crippen molar-refractivity contribution in [2.45, 2.75) is 13.2 Å². The Labute approximate surface area is 222 Å². The molecule has 2 amide bonds. The lowest BCUT2D eigenvalue weighted by Gasteiger charge is -2.15. The third kappa shape index (κ3) is 5.22. The highest BCUT2D eigenvalue weighted by Gasteiger charge is 2.19. The number of hydrogen-bond acceptors (Lipinski definition) is 5. The fourth-order valence-electron chi connectivity index (χ4n) is 4.08. The first-order valence-corrected chi connectivity index (χ1v) is 12.1. The normalized spacial score (nSPS) is 10.9. The average Bonchev–Trinajstić information content (AvgIpc) is 3.45. The van der Waals surface area contributed by atoms with E-state index in [1.165, 1.54) is 16.9 Å². The molecule has 0 fully saturated rings. The van der Waals surface area contributed by atoms with Crippen LogP contribution in [0.3, 0.4) is 0 Å². The average molecular weight is 528 g/mol. The van der Waals surface area contributed by atoms with Crippen molar-refractivity contribution in [1.29, 1.82) is 0 Å². The van der Waals surface area contributed by atoms with E-state index in [1.54, 1.807) is 78.9 Å². The Morgan fingerprint density at radius 3 is 2.34 bits per heavy atom. The predicted octanol–water partition coefficient (Wildman–Crippen LogP) is 5.29. The van der Waals surface area contributed by atoms with Gasteiger partial charge in [0.25, 0.3) is 17.4 Å². The Kier molecular flexibility index (Phi) is 7.08. The van der Waals surface area contributed by atoms with Crippen LogP contribution in [-0.4, -0.2) is 21.5 Å². The van der Waals surface area contributed by atoms with E-state index >= 15 is 0 Å². The van der Waals surface area contributed by atoms with Crippen LogP contribution in [0.15, 0.2) is 100 Å². The van der Waals surface area contributed by atoms with Crippen LogP contribution in [0.1, 0.15) is 32.0 Å². The van der Waals surface area contributed by atoms with Crippen LogP contribution >= 0.6 is 11.6 Å². The quantitative estimate of drug-likeness (QED) is 0.266. The minimum atomic E-state index is -0.604. The number of pyridine rings is 1. The Hall–Kier alpha value is -4.66. The number of furan rings is 1. The van der Waals surface area contributed by atoms with E-state index in [2.05, 4.69) is 10.6 Å². The summed E-state index contributed by atoms with van der Waals surface area (Å²) in [6.45, 7) is -0.0380. The van der Waals surface area contributed by atoms with Crippen molar-refractivity contribution in [3.05, 3.63) is 129 Å². The zero-order chi connectivity index (χ0) is 26.6. The molecule has 5 rings (SSSR count). The highest BCUT2D eigenvalue weighted by molar-refractivity contribution is 6.30. The van der Waals surface area contributed by atoms with Crippen molar-refractivity contribution in [3.63, 3.8) is 0 Å². The maximum Gasteiger partial charge on any atom is 0.264 e. The zero-order valence-corrected chi connectivity index (χ0v) is 20.7. The van der Waals surface area contributed by atoms with Gasteiger partial charge in [-0.1, -0.05) is 29.8 Å². The Bertz CT molecular complexity index is 1680. The number of benzene rings is 3. The van der Waals surface area contributed by atoms with Gasteiger partial charge >= 0.3 is 0 Å². The molecule has 2 heterocycles. The van der Waals surface area contributed by atoms with Crippen LogP contribution in [0.5, 0.6) is 0 Å². The second kappa shape index (κ2) is 10.8. The number of hydrogen-bond donors (Lipinski definition) is 3. The van der Waals surface area contributed by atoms with Gasteiger partial charge in [0, 0.05) is 21.7 Å². The van der Waals surface area contributed by atoms with E-state index in [-0.39, 0.29) is 24.6 Å². The summed E-state index contributed by atoms with van der Waals surface area (Å²) in [6, 6.07) is 23.2. The molecule has 0 saturated heterocycles. The van der Waals surface area contributed by atoms with E-state index in [9.17, 15) is 19.5 Å². The van der Waals surface area contributed by atoms with Crippen LogP contribution in [0.4, 0.5) is 11.4 Å². The number of amides is 2. The Morgan fingerprint density at radius 2 is 1.66 bits per heavy atom. The number of fused-ring (bicyclic) bond motifs is 1. The third-order valence-corrected chi connectivity index (χ3v) is 6.28. The molecule has 0 atom stereocenters. The molecule has 38 heavy (non-hydrogen) atoms. The van der Waals surface area contributed by atoms with Crippen LogP contribution in [0.25, 0.3) is 10.9 Å². The van der Waals surface area contributed by atoms with Gasteiger partial charge in [0.2, 0.25) is 0 Å². The van der Waals surface area contributed by atoms with Gasteiger partial charge in [-0.05, 0) is 72.3 Å². The van der Waals surface area contributed by atoms with Crippen molar-refractivity contribution in [2.24, 2.45) is 0 Å². The molecule has 0 unspecified atom stereocenters. The number of halogens is 1. The number of carbonyl (C=O) groups is 2. The van der Waals surface area contributed by atoms with Crippen LogP contribution in [0.2, 0.25) is 5.02 Å². The van der Waals surface area contributed by atoms with Gasteiger partial charge in [-0.25, -0.2) is 0 Å². The van der Waals surface area contributed by atoms with E-state index in [0.717, 1.165) is 0 Å². The first-order valence-electron chi connectivity index (χ1n) is 11.7. The summed E-state index contributed by atoms with van der Waals surface area (Å²) in [5.74, 6) is -0.451. The van der Waals surface area contributed by atoms with Crippen molar-refractivity contribution in [1.82, 2.24) is 4.57 Å². The SMILES string of the molecule is O=C(Nc1cccc2c1cc(C(=O)Nc1ccc(Cl)cc1)c(=O)n2Cc1ccco1)c1ccc(CO)cc1. The van der Waals surface area contributed by atoms with Gasteiger partial charge in [-0.15, -0.1) is 0 Å². The first kappa shape index (κ1) is 25.0. The van der Waals surface area contributed by atoms with Crippen molar-refractivity contribution in [3.8, 4) is 0 Å². The monoisotopic (exact) mass is 527 g/mol. The molecular weight excluding hydrogens is 506 g/mol. The molecule has 0 bridgehead atoms. The summed E-state index contributed by atoms with van der Waals surface area (Å²) >= 11 is 5.94. The number of rotatable bonds is 7. The highest BCUT2D eigenvalue weighted by atomic mass is 35.5. The number of nitrogens with zero attached hydrogens (tertiary/aromatic N) is 1. The maximum atomic E-state index is 13.5. The lowest BCUT2D eigenvalue weighted by atomic mass is 10.1. The van der Waals surface area contributed by atoms with Crippen molar-refractivity contribution in [2.75, 3.05) is 10.6 Å². The van der Waals surface area contributed by atoms with E-state index < -0.39 is 11.5 Å². The topological polar surface area (TPSA) is 114 Å². The van der Waals surface area contributed by atoms with Crippen LogP contribution in [-0.2, 0) is 13.2 Å². The summed E-state index contributed by atoms with van der Waals surface area (Å²) in [4.78, 5) is 39.8. The smallest absolute Gasteiger partial charge is 0.264 e. The number of nitrogens with one attached hydrogen (secondary N) is 2. The minimum absolute atomic E-state index is 0.0877. The standard InChI is InChI=1S/C29H22ClN3O5/c30-20-10-12-21(13-11-20)31-28(36)24-15-23-25(32-27(35)19-8-6-18(17-34)7-9-19)4-1-5-26(23)33(29(24)37)16-22-3-2-14-38-22/h1-15,34H,16-17H2,(H,31,36)(H,32,35). The fraction of sp³-hybridized carbons (Fsp3) is 0.0690. The number of carbonyl (C=O) groups excluding carboxylic acids is 2. The predicted molar refractivity (Wildman–Crippen MR) is 146 cm³/mol. The molecule has 8 nitrogen and oxygen atoms in total. The molecule has 0 aliphatic heterocycles. The Balaban J connectivity index is 1.58. The maximum absolute atomic E-state index is 13.5. The molecule has 3 aromatic carbocycles. The summed E-state index contributed by atoms with van der Waals surface area (Å²) in [6.07, 6.45) is 1.51. The molecule has 3 N–H and O–H groups in total. The van der Waals surface area contributed by atoms with Gasteiger partial charge in [-0.3, -0.25) is 19.0 Å². The van der Waals surface area contributed by atoms with Crippen LogP contribution < -0.4 is 16.2 Å². The molecule has 2 aromatic heterocycles. The highest BCUT2D eigenvalue weighted by Crippen LogP contribution is 2.25. The molecule has 0 aliphatic carbocycles. The van der Waals surface area contributed by atoms with E-state index in [1.807, 2.05) is 0 Å². The largest absolute Gasteiger partial charge is 0.467 e. The molecule has 5 aromatic rings. The Morgan fingerprint density at radius 1 is 0.895 bits per heavy atom. The molecule has 0 radical (unpaired) electrons. The summed E-state index contributed by atoms with van der Waals surface area (Å²) in [5, 5.41) is 15.9. The molecule has 0 spiro atoms. The molecule has 0 aliphatic rings. The number of aliphatic hydroxyl groups is 1. The van der Waals surface area contributed by atoms with Gasteiger partial charge in [0.05, 0.1) is 30.6 Å². The molecule has 190 valence electrons.